The first kappa shape index (κ1) is 16.9. The van der Waals surface area contributed by atoms with Crippen LogP contribution in [-0.2, 0) is 6.42 Å². The highest BCUT2D eigenvalue weighted by molar-refractivity contribution is 5.58. The fraction of sp³-hybridized carbons (Fsp3) is 0.600. The van der Waals surface area contributed by atoms with Crippen LogP contribution in [0.2, 0.25) is 0 Å². The fourth-order valence-electron chi connectivity index (χ4n) is 3.43. The van der Waals surface area contributed by atoms with Gasteiger partial charge in [0.05, 0.1) is 7.11 Å². The third kappa shape index (κ3) is 3.16. The van der Waals surface area contributed by atoms with Crippen molar-refractivity contribution in [3.63, 3.8) is 0 Å². The molecule has 0 spiro atoms. The molecule has 0 saturated heterocycles. The van der Waals surface area contributed by atoms with Gasteiger partial charge in [0.25, 0.3) is 0 Å². The number of allylic oxidation sites excluding steroid dienone is 2. The summed E-state index contributed by atoms with van der Waals surface area (Å²) in [5.41, 5.74) is 6.33. The molecule has 2 heteroatoms. The Morgan fingerprint density at radius 2 is 1.86 bits per heavy atom. The van der Waals surface area contributed by atoms with E-state index < -0.39 is 0 Å². The maximum atomic E-state index is 6.51. The molecule has 0 radical (unpaired) electrons. The SMILES string of the molecule is COc1c(C)c(C)c2c(c1C)CCC(C)(CCC=C(C)C)O2. The molecule has 1 heterocycles. The molecule has 0 saturated carbocycles. The van der Waals surface area contributed by atoms with Crippen LogP contribution in [0.1, 0.15) is 62.3 Å². The molecule has 2 nitrogen and oxygen atoms in total. The zero-order chi connectivity index (χ0) is 16.5. The highest BCUT2D eigenvalue weighted by Crippen LogP contribution is 2.44. The van der Waals surface area contributed by atoms with E-state index in [1.54, 1.807) is 7.11 Å². The van der Waals surface area contributed by atoms with E-state index in [1.165, 1.54) is 27.8 Å². The highest BCUT2D eigenvalue weighted by atomic mass is 16.5. The van der Waals surface area contributed by atoms with Gasteiger partial charge in [0.1, 0.15) is 17.1 Å². The van der Waals surface area contributed by atoms with Gasteiger partial charge in [-0.2, -0.15) is 0 Å². The third-order valence-electron chi connectivity index (χ3n) is 4.99. The molecular weight excluding hydrogens is 272 g/mol. The first-order valence-electron chi connectivity index (χ1n) is 8.28. The third-order valence-corrected chi connectivity index (χ3v) is 4.99. The van der Waals surface area contributed by atoms with E-state index in [0.717, 1.165) is 37.2 Å². The van der Waals surface area contributed by atoms with E-state index in [1.807, 2.05) is 0 Å². The minimum Gasteiger partial charge on any atom is -0.496 e. The molecule has 122 valence electrons. The van der Waals surface area contributed by atoms with Crippen molar-refractivity contribution in [1.29, 1.82) is 0 Å². The van der Waals surface area contributed by atoms with Gasteiger partial charge in [0, 0.05) is 5.56 Å². The van der Waals surface area contributed by atoms with Crippen molar-refractivity contribution < 1.29 is 9.47 Å². The normalized spacial score (nSPS) is 20.1. The van der Waals surface area contributed by atoms with Crippen molar-refractivity contribution in [3.8, 4) is 11.5 Å². The smallest absolute Gasteiger partial charge is 0.127 e. The van der Waals surface area contributed by atoms with Crippen LogP contribution in [0.15, 0.2) is 11.6 Å². The van der Waals surface area contributed by atoms with Crippen molar-refractivity contribution in [2.75, 3.05) is 7.11 Å². The summed E-state index contributed by atoms with van der Waals surface area (Å²) in [4.78, 5) is 0. The fourth-order valence-corrected chi connectivity index (χ4v) is 3.43. The van der Waals surface area contributed by atoms with E-state index in [-0.39, 0.29) is 5.60 Å². The standard InChI is InChI=1S/C20H30O2/c1-13(2)9-8-11-20(6)12-10-17-16(5)18(21-7)14(3)15(4)19(17)22-20/h9H,8,10-12H2,1-7H3. The van der Waals surface area contributed by atoms with Crippen LogP contribution in [0.25, 0.3) is 0 Å². The van der Waals surface area contributed by atoms with Crippen molar-refractivity contribution in [2.45, 2.75) is 72.8 Å². The minimum absolute atomic E-state index is 0.0584. The van der Waals surface area contributed by atoms with Crippen LogP contribution >= 0.6 is 0 Å². The lowest BCUT2D eigenvalue weighted by Gasteiger charge is -2.38. The topological polar surface area (TPSA) is 18.5 Å². The number of hydrogen-bond acceptors (Lipinski definition) is 2. The Kier molecular flexibility index (Phi) is 4.89. The minimum atomic E-state index is -0.0584. The average molecular weight is 302 g/mol. The van der Waals surface area contributed by atoms with E-state index in [9.17, 15) is 0 Å². The zero-order valence-electron chi connectivity index (χ0n) is 15.2. The second kappa shape index (κ2) is 6.36. The summed E-state index contributed by atoms with van der Waals surface area (Å²) in [6.45, 7) is 13.0. The summed E-state index contributed by atoms with van der Waals surface area (Å²) >= 11 is 0. The number of methoxy groups -OCH3 is 1. The van der Waals surface area contributed by atoms with Gasteiger partial charge < -0.3 is 9.47 Å². The largest absolute Gasteiger partial charge is 0.496 e. The van der Waals surface area contributed by atoms with Gasteiger partial charge in [-0.25, -0.2) is 0 Å². The molecule has 2 rings (SSSR count). The second-order valence-electron chi connectivity index (χ2n) is 7.09. The van der Waals surface area contributed by atoms with E-state index in [2.05, 4.69) is 47.6 Å². The molecule has 1 atom stereocenters. The number of hydrogen-bond donors (Lipinski definition) is 0. The lowest BCUT2D eigenvalue weighted by molar-refractivity contribution is 0.0558. The van der Waals surface area contributed by atoms with Gasteiger partial charge in [0.2, 0.25) is 0 Å². The molecule has 0 amide bonds. The maximum absolute atomic E-state index is 6.51. The van der Waals surface area contributed by atoms with Gasteiger partial charge in [-0.1, -0.05) is 11.6 Å². The van der Waals surface area contributed by atoms with Crippen LogP contribution in [0.4, 0.5) is 0 Å². The van der Waals surface area contributed by atoms with Gasteiger partial charge in [-0.05, 0) is 83.9 Å². The number of benzene rings is 1. The molecule has 22 heavy (non-hydrogen) atoms. The summed E-state index contributed by atoms with van der Waals surface area (Å²) in [5, 5.41) is 0. The van der Waals surface area contributed by atoms with Crippen molar-refractivity contribution in [1.82, 2.24) is 0 Å². The first-order chi connectivity index (χ1) is 10.3. The van der Waals surface area contributed by atoms with Crippen molar-refractivity contribution in [2.24, 2.45) is 0 Å². The van der Waals surface area contributed by atoms with Crippen LogP contribution in [0, 0.1) is 20.8 Å². The first-order valence-corrected chi connectivity index (χ1v) is 8.28. The molecule has 0 N–H and O–H groups in total. The number of rotatable bonds is 4. The quantitative estimate of drug-likeness (QED) is 0.688. The Hall–Kier alpha value is -1.44. The predicted octanol–water partition coefficient (Wildman–Crippen LogP) is 5.45. The van der Waals surface area contributed by atoms with Gasteiger partial charge in [0.15, 0.2) is 0 Å². The Balaban J connectivity index is 2.32. The number of ether oxygens (including phenoxy) is 2. The molecule has 1 aromatic carbocycles. The summed E-state index contributed by atoms with van der Waals surface area (Å²) in [6.07, 6.45) is 6.61. The summed E-state index contributed by atoms with van der Waals surface area (Å²) < 4.78 is 12.1. The summed E-state index contributed by atoms with van der Waals surface area (Å²) in [5.74, 6) is 2.12. The van der Waals surface area contributed by atoms with Gasteiger partial charge >= 0.3 is 0 Å². The molecular formula is C20H30O2. The van der Waals surface area contributed by atoms with E-state index >= 15 is 0 Å². The Bertz CT molecular complexity index is 594. The lowest BCUT2D eigenvalue weighted by atomic mass is 9.85. The van der Waals surface area contributed by atoms with E-state index in [4.69, 9.17) is 9.47 Å². The monoisotopic (exact) mass is 302 g/mol. The Morgan fingerprint density at radius 3 is 2.45 bits per heavy atom. The van der Waals surface area contributed by atoms with Crippen LogP contribution in [0.5, 0.6) is 11.5 Å². The highest BCUT2D eigenvalue weighted by Gasteiger charge is 2.34. The molecule has 1 aliphatic heterocycles. The van der Waals surface area contributed by atoms with Gasteiger partial charge in [-0.15, -0.1) is 0 Å². The maximum Gasteiger partial charge on any atom is 0.127 e. The van der Waals surface area contributed by atoms with Gasteiger partial charge in [-0.3, -0.25) is 0 Å². The molecule has 0 aliphatic carbocycles. The Labute approximate surface area is 135 Å². The zero-order valence-corrected chi connectivity index (χ0v) is 15.2. The lowest BCUT2D eigenvalue weighted by Crippen LogP contribution is -2.37. The summed E-state index contributed by atoms with van der Waals surface area (Å²) in [7, 11) is 1.76. The van der Waals surface area contributed by atoms with Crippen molar-refractivity contribution in [3.05, 3.63) is 33.9 Å². The summed E-state index contributed by atoms with van der Waals surface area (Å²) in [6, 6.07) is 0. The van der Waals surface area contributed by atoms with Crippen LogP contribution < -0.4 is 9.47 Å². The van der Waals surface area contributed by atoms with Crippen LogP contribution in [-0.4, -0.2) is 12.7 Å². The average Bonchev–Trinajstić information content (AvgIpc) is 2.45. The molecule has 1 aromatic rings. The Morgan fingerprint density at radius 1 is 1.18 bits per heavy atom. The molecule has 0 bridgehead atoms. The second-order valence-corrected chi connectivity index (χ2v) is 7.09. The van der Waals surface area contributed by atoms with Crippen LogP contribution in [0.3, 0.4) is 0 Å². The van der Waals surface area contributed by atoms with Crippen molar-refractivity contribution >= 4 is 0 Å². The molecule has 0 fully saturated rings. The molecule has 1 unspecified atom stereocenters. The predicted molar refractivity (Wildman–Crippen MR) is 93.2 cm³/mol. The molecule has 0 aromatic heterocycles. The van der Waals surface area contributed by atoms with E-state index in [0.29, 0.717) is 0 Å². The molecule has 1 aliphatic rings. The number of fused-ring (bicyclic) bond motifs is 1.